The summed E-state index contributed by atoms with van der Waals surface area (Å²) in [6.07, 6.45) is 3.09. The molecule has 1 aliphatic carbocycles. The van der Waals surface area contributed by atoms with Crippen LogP contribution < -0.4 is 14.8 Å². The van der Waals surface area contributed by atoms with Gasteiger partial charge < -0.3 is 19.7 Å². The second-order valence-electron chi connectivity index (χ2n) is 6.74. The molecule has 0 radical (unpaired) electrons. The fraction of sp³-hybridized carbons (Fsp3) is 0.579. The first-order valence-corrected chi connectivity index (χ1v) is 9.07. The molecule has 1 heterocycles. The Hall–Kier alpha value is -2.24. The number of carbonyl (C=O) groups is 2. The van der Waals surface area contributed by atoms with Gasteiger partial charge in [0.15, 0.2) is 11.5 Å². The third-order valence-corrected chi connectivity index (χ3v) is 4.76. The van der Waals surface area contributed by atoms with Gasteiger partial charge in [0, 0.05) is 19.6 Å². The predicted molar refractivity (Wildman–Crippen MR) is 93.2 cm³/mol. The fourth-order valence-electron chi connectivity index (χ4n) is 3.22. The van der Waals surface area contributed by atoms with Crippen LogP contribution in [0.4, 0.5) is 0 Å². The molecule has 6 heteroatoms. The second kappa shape index (κ2) is 7.33. The van der Waals surface area contributed by atoms with Gasteiger partial charge in [-0.25, -0.2) is 0 Å². The molecule has 1 N–H and O–H groups in total. The van der Waals surface area contributed by atoms with E-state index in [-0.39, 0.29) is 18.6 Å². The number of nitrogens with zero attached hydrogens (tertiary/aromatic N) is 1. The average Bonchev–Trinajstić information content (AvgIpc) is 3.30. The minimum absolute atomic E-state index is 0.0145. The topological polar surface area (TPSA) is 67.9 Å². The summed E-state index contributed by atoms with van der Waals surface area (Å²) in [5, 5.41) is 2.93. The highest BCUT2D eigenvalue weighted by atomic mass is 16.7. The van der Waals surface area contributed by atoms with Crippen molar-refractivity contribution in [2.75, 3.05) is 19.9 Å². The van der Waals surface area contributed by atoms with Crippen molar-refractivity contribution in [3.63, 3.8) is 0 Å². The van der Waals surface area contributed by atoms with E-state index in [9.17, 15) is 9.59 Å². The zero-order valence-electron chi connectivity index (χ0n) is 15.0. The van der Waals surface area contributed by atoms with E-state index < -0.39 is 5.41 Å². The van der Waals surface area contributed by atoms with Gasteiger partial charge in [0.1, 0.15) is 5.41 Å². The van der Waals surface area contributed by atoms with Gasteiger partial charge in [0.25, 0.3) is 0 Å². The smallest absolute Gasteiger partial charge is 0.238 e. The Morgan fingerprint density at radius 1 is 1.12 bits per heavy atom. The molecule has 1 fully saturated rings. The molecule has 1 saturated carbocycles. The molecule has 0 spiro atoms. The molecule has 1 aromatic rings. The summed E-state index contributed by atoms with van der Waals surface area (Å²) in [5.74, 6) is 1.24. The largest absolute Gasteiger partial charge is 0.454 e. The third-order valence-electron chi connectivity index (χ3n) is 4.76. The minimum atomic E-state index is -0.847. The molecule has 0 aromatic heterocycles. The Morgan fingerprint density at radius 3 is 2.44 bits per heavy atom. The molecule has 6 nitrogen and oxygen atoms in total. The molecule has 1 aromatic carbocycles. The molecule has 2 aliphatic rings. The van der Waals surface area contributed by atoms with Crippen LogP contribution in [0.25, 0.3) is 0 Å². The van der Waals surface area contributed by atoms with Crippen molar-refractivity contribution in [3.8, 4) is 11.5 Å². The summed E-state index contributed by atoms with van der Waals surface area (Å²) in [6, 6.07) is 5.60. The zero-order valence-corrected chi connectivity index (χ0v) is 15.0. The highest BCUT2D eigenvalue weighted by Gasteiger charge is 2.57. The molecule has 0 saturated heterocycles. The number of fused-ring (bicyclic) bond motifs is 1. The predicted octanol–water partition coefficient (Wildman–Crippen LogP) is 2.46. The third kappa shape index (κ3) is 3.57. The summed E-state index contributed by atoms with van der Waals surface area (Å²) < 4.78 is 10.6. The first-order valence-electron chi connectivity index (χ1n) is 9.07. The van der Waals surface area contributed by atoms with Crippen molar-refractivity contribution in [1.29, 1.82) is 0 Å². The van der Waals surface area contributed by atoms with Crippen molar-refractivity contribution < 1.29 is 19.1 Å². The number of amides is 2. The Balaban J connectivity index is 1.61. The van der Waals surface area contributed by atoms with Gasteiger partial charge in [-0.15, -0.1) is 0 Å². The summed E-state index contributed by atoms with van der Waals surface area (Å²) in [6.45, 7) is 6.14. The van der Waals surface area contributed by atoms with Crippen LogP contribution in [0.2, 0.25) is 0 Å². The SMILES string of the molecule is CCCN(CCC)C(=O)C1(C(=O)NCc2ccc3c(c2)OCO3)CC1. The lowest BCUT2D eigenvalue weighted by Gasteiger charge is -2.26. The van der Waals surface area contributed by atoms with Gasteiger partial charge in [-0.1, -0.05) is 19.9 Å². The molecule has 2 amide bonds. The molecule has 1 aliphatic heterocycles. The number of hydrogen-bond acceptors (Lipinski definition) is 4. The van der Waals surface area contributed by atoms with Gasteiger partial charge in [-0.2, -0.15) is 0 Å². The monoisotopic (exact) mass is 346 g/mol. The van der Waals surface area contributed by atoms with Crippen LogP contribution in [-0.2, 0) is 16.1 Å². The van der Waals surface area contributed by atoms with Crippen LogP contribution >= 0.6 is 0 Å². The van der Waals surface area contributed by atoms with Gasteiger partial charge >= 0.3 is 0 Å². The minimum Gasteiger partial charge on any atom is -0.454 e. The van der Waals surface area contributed by atoms with E-state index in [1.807, 2.05) is 23.1 Å². The normalized spacial score (nSPS) is 16.4. The molecule has 0 bridgehead atoms. The van der Waals surface area contributed by atoms with E-state index in [0.717, 1.165) is 24.2 Å². The molecule has 136 valence electrons. The van der Waals surface area contributed by atoms with Crippen molar-refractivity contribution in [1.82, 2.24) is 10.2 Å². The van der Waals surface area contributed by atoms with E-state index in [2.05, 4.69) is 19.2 Å². The molecule has 3 rings (SSSR count). The standard InChI is InChI=1S/C19H26N2O4/c1-3-9-21(10-4-2)18(23)19(7-8-19)17(22)20-12-14-5-6-15-16(11-14)25-13-24-15/h5-6,11H,3-4,7-10,12-13H2,1-2H3,(H,20,22). The molecular weight excluding hydrogens is 320 g/mol. The highest BCUT2D eigenvalue weighted by molar-refractivity contribution is 6.07. The summed E-state index contributed by atoms with van der Waals surface area (Å²) in [5.41, 5.74) is 0.0838. The number of rotatable bonds is 8. The van der Waals surface area contributed by atoms with Crippen LogP contribution in [0.15, 0.2) is 18.2 Å². The summed E-state index contributed by atoms with van der Waals surface area (Å²) >= 11 is 0. The average molecular weight is 346 g/mol. The van der Waals surface area contributed by atoms with Crippen LogP contribution in [0.1, 0.15) is 45.1 Å². The van der Waals surface area contributed by atoms with E-state index in [4.69, 9.17) is 9.47 Å². The zero-order chi connectivity index (χ0) is 17.9. The number of nitrogens with one attached hydrogen (secondary N) is 1. The Morgan fingerprint density at radius 2 is 1.80 bits per heavy atom. The van der Waals surface area contributed by atoms with Crippen molar-refractivity contribution >= 4 is 11.8 Å². The van der Waals surface area contributed by atoms with Gasteiger partial charge in [-0.05, 0) is 43.4 Å². The Bertz CT molecular complexity index is 649. The van der Waals surface area contributed by atoms with Crippen LogP contribution in [0.3, 0.4) is 0 Å². The number of ether oxygens (including phenoxy) is 2. The highest BCUT2D eigenvalue weighted by Crippen LogP contribution is 2.47. The van der Waals surface area contributed by atoms with Crippen molar-refractivity contribution in [3.05, 3.63) is 23.8 Å². The van der Waals surface area contributed by atoms with Crippen LogP contribution in [0.5, 0.6) is 11.5 Å². The maximum absolute atomic E-state index is 12.8. The first-order chi connectivity index (χ1) is 12.1. The lowest BCUT2D eigenvalue weighted by Crippen LogP contribution is -2.45. The van der Waals surface area contributed by atoms with E-state index in [1.165, 1.54) is 0 Å². The van der Waals surface area contributed by atoms with E-state index in [1.54, 1.807) is 0 Å². The van der Waals surface area contributed by atoms with E-state index in [0.29, 0.717) is 38.2 Å². The van der Waals surface area contributed by atoms with Gasteiger partial charge in [0.2, 0.25) is 18.6 Å². The maximum Gasteiger partial charge on any atom is 0.238 e. The van der Waals surface area contributed by atoms with E-state index >= 15 is 0 Å². The Labute approximate surface area is 148 Å². The quantitative estimate of drug-likeness (QED) is 0.734. The first kappa shape index (κ1) is 17.6. The fourth-order valence-corrected chi connectivity index (χ4v) is 3.22. The number of carbonyl (C=O) groups excluding carboxylic acids is 2. The molecule has 0 unspecified atom stereocenters. The van der Waals surface area contributed by atoms with Gasteiger partial charge in [-0.3, -0.25) is 9.59 Å². The number of benzene rings is 1. The van der Waals surface area contributed by atoms with Gasteiger partial charge in [0.05, 0.1) is 0 Å². The maximum atomic E-state index is 12.8. The molecular formula is C19H26N2O4. The molecule has 0 atom stereocenters. The van der Waals surface area contributed by atoms with Crippen LogP contribution in [0, 0.1) is 5.41 Å². The Kier molecular flexibility index (Phi) is 5.16. The van der Waals surface area contributed by atoms with Crippen molar-refractivity contribution in [2.45, 2.75) is 46.1 Å². The molecule has 25 heavy (non-hydrogen) atoms. The second-order valence-corrected chi connectivity index (χ2v) is 6.74. The van der Waals surface area contributed by atoms with Crippen LogP contribution in [-0.4, -0.2) is 36.6 Å². The van der Waals surface area contributed by atoms with Crippen molar-refractivity contribution in [2.24, 2.45) is 5.41 Å². The lowest BCUT2D eigenvalue weighted by molar-refractivity contribution is -0.144. The summed E-state index contributed by atoms with van der Waals surface area (Å²) in [4.78, 5) is 27.4. The summed E-state index contributed by atoms with van der Waals surface area (Å²) in [7, 11) is 0. The lowest BCUT2D eigenvalue weighted by atomic mass is 10.0. The number of hydrogen-bond donors (Lipinski definition) is 1.